The molecule has 3 aromatic carbocycles. The highest BCUT2D eigenvalue weighted by Crippen LogP contribution is 2.19. The second-order valence-electron chi connectivity index (χ2n) is 7.61. The topological polar surface area (TPSA) is 70.7 Å². The smallest absolute Gasteiger partial charge is 0.238 e. The lowest BCUT2D eigenvalue weighted by Crippen LogP contribution is -2.40. The van der Waals surface area contributed by atoms with Crippen LogP contribution in [0.2, 0.25) is 0 Å². The number of methoxy groups -OCH3 is 1. The van der Waals surface area contributed by atoms with Crippen molar-refractivity contribution >= 4 is 34.0 Å². The van der Waals surface area contributed by atoms with Crippen LogP contribution in [0.15, 0.2) is 60.7 Å². The molecule has 3 rings (SSSR count). The van der Waals surface area contributed by atoms with Crippen molar-refractivity contribution in [1.82, 2.24) is 4.90 Å². The summed E-state index contributed by atoms with van der Waals surface area (Å²) in [4.78, 5) is 27.0. The first kappa shape index (κ1) is 22.5. The normalized spacial score (nSPS) is 11.0. The van der Waals surface area contributed by atoms with Crippen LogP contribution in [-0.2, 0) is 14.3 Å². The van der Waals surface area contributed by atoms with Crippen LogP contribution in [0.5, 0.6) is 0 Å². The molecular formula is C25H29N3O3. The van der Waals surface area contributed by atoms with Gasteiger partial charge < -0.3 is 15.4 Å². The van der Waals surface area contributed by atoms with Crippen molar-refractivity contribution in [3.05, 3.63) is 71.8 Å². The zero-order valence-electron chi connectivity index (χ0n) is 18.3. The molecule has 2 amide bonds. The third kappa shape index (κ3) is 6.38. The highest BCUT2D eigenvalue weighted by atomic mass is 16.5. The van der Waals surface area contributed by atoms with Gasteiger partial charge in [-0.05, 0) is 53.9 Å². The van der Waals surface area contributed by atoms with Gasteiger partial charge in [-0.2, -0.15) is 0 Å². The van der Waals surface area contributed by atoms with Crippen molar-refractivity contribution in [3.8, 4) is 0 Å². The summed E-state index contributed by atoms with van der Waals surface area (Å²) in [6.45, 7) is 5.08. The maximum Gasteiger partial charge on any atom is 0.238 e. The van der Waals surface area contributed by atoms with Crippen molar-refractivity contribution in [1.29, 1.82) is 0 Å². The van der Waals surface area contributed by atoms with Gasteiger partial charge in [-0.1, -0.05) is 42.5 Å². The molecule has 0 atom stereocenters. The van der Waals surface area contributed by atoms with E-state index in [-0.39, 0.29) is 24.9 Å². The number of nitrogens with one attached hydrogen (secondary N) is 2. The number of benzene rings is 3. The minimum atomic E-state index is -0.175. The SMILES string of the molecule is COCCN(CC(=O)Nc1ccc2ccccc2c1)CC(=O)Nc1cccc(C)c1C. The Bertz CT molecular complexity index is 1060. The van der Waals surface area contributed by atoms with E-state index in [0.29, 0.717) is 13.2 Å². The largest absolute Gasteiger partial charge is 0.383 e. The lowest BCUT2D eigenvalue weighted by Gasteiger charge is -2.21. The molecule has 0 unspecified atom stereocenters. The molecule has 0 heterocycles. The number of hydrogen-bond donors (Lipinski definition) is 2. The van der Waals surface area contributed by atoms with Gasteiger partial charge in [0.1, 0.15) is 0 Å². The third-order valence-corrected chi connectivity index (χ3v) is 5.26. The van der Waals surface area contributed by atoms with Gasteiger partial charge >= 0.3 is 0 Å². The predicted octanol–water partition coefficient (Wildman–Crippen LogP) is 3.98. The molecule has 3 aromatic rings. The average Bonchev–Trinajstić information content (AvgIpc) is 2.75. The molecule has 0 bridgehead atoms. The van der Waals surface area contributed by atoms with E-state index in [2.05, 4.69) is 10.6 Å². The number of nitrogens with zero attached hydrogens (tertiary/aromatic N) is 1. The molecule has 0 aliphatic carbocycles. The lowest BCUT2D eigenvalue weighted by molar-refractivity contribution is -0.120. The minimum absolute atomic E-state index is 0.0937. The number of fused-ring (bicyclic) bond motifs is 1. The summed E-state index contributed by atoms with van der Waals surface area (Å²) >= 11 is 0. The number of rotatable bonds is 9. The van der Waals surface area contributed by atoms with E-state index in [0.717, 1.165) is 33.3 Å². The van der Waals surface area contributed by atoms with E-state index < -0.39 is 0 Å². The molecule has 0 spiro atoms. The molecular weight excluding hydrogens is 390 g/mol. The maximum absolute atomic E-state index is 12.6. The summed E-state index contributed by atoms with van der Waals surface area (Å²) in [7, 11) is 1.60. The zero-order valence-corrected chi connectivity index (χ0v) is 18.3. The molecule has 31 heavy (non-hydrogen) atoms. The van der Waals surface area contributed by atoms with Crippen LogP contribution < -0.4 is 10.6 Å². The molecule has 2 N–H and O–H groups in total. The summed E-state index contributed by atoms with van der Waals surface area (Å²) in [6, 6.07) is 19.6. The van der Waals surface area contributed by atoms with Crippen LogP contribution in [-0.4, -0.2) is 50.1 Å². The maximum atomic E-state index is 12.6. The van der Waals surface area contributed by atoms with Crippen LogP contribution in [0.1, 0.15) is 11.1 Å². The molecule has 0 saturated heterocycles. The quantitative estimate of drug-likeness (QED) is 0.550. The molecule has 6 nitrogen and oxygen atoms in total. The lowest BCUT2D eigenvalue weighted by atomic mass is 10.1. The van der Waals surface area contributed by atoms with Gasteiger partial charge in [0.25, 0.3) is 0 Å². The number of carbonyl (C=O) groups is 2. The van der Waals surface area contributed by atoms with Crippen molar-refractivity contribution in [2.24, 2.45) is 0 Å². The van der Waals surface area contributed by atoms with Crippen LogP contribution in [0.3, 0.4) is 0 Å². The van der Waals surface area contributed by atoms with E-state index >= 15 is 0 Å². The highest BCUT2D eigenvalue weighted by molar-refractivity contribution is 5.96. The summed E-state index contributed by atoms with van der Waals surface area (Å²) < 4.78 is 5.15. The Kier molecular flexibility index (Phi) is 7.76. The molecule has 0 fully saturated rings. The van der Waals surface area contributed by atoms with Crippen LogP contribution >= 0.6 is 0 Å². The molecule has 0 aromatic heterocycles. The fraction of sp³-hybridized carbons (Fsp3) is 0.280. The molecule has 0 aliphatic heterocycles. The van der Waals surface area contributed by atoms with Crippen molar-refractivity contribution in [2.45, 2.75) is 13.8 Å². The number of aryl methyl sites for hydroxylation is 1. The van der Waals surface area contributed by atoms with Gasteiger partial charge in [-0.3, -0.25) is 14.5 Å². The Morgan fingerprint density at radius 2 is 1.58 bits per heavy atom. The Labute approximate surface area is 183 Å². The van der Waals surface area contributed by atoms with Crippen LogP contribution in [0.25, 0.3) is 10.8 Å². The van der Waals surface area contributed by atoms with Crippen molar-refractivity contribution < 1.29 is 14.3 Å². The summed E-state index contributed by atoms with van der Waals surface area (Å²) in [5, 5.41) is 8.05. The third-order valence-electron chi connectivity index (χ3n) is 5.26. The molecule has 6 heteroatoms. The van der Waals surface area contributed by atoms with Gasteiger partial charge in [0.15, 0.2) is 0 Å². The second-order valence-corrected chi connectivity index (χ2v) is 7.61. The number of amides is 2. The monoisotopic (exact) mass is 419 g/mol. The Morgan fingerprint density at radius 1 is 0.871 bits per heavy atom. The van der Waals surface area contributed by atoms with Gasteiger partial charge in [0, 0.05) is 25.0 Å². The first-order valence-corrected chi connectivity index (χ1v) is 10.3. The van der Waals surface area contributed by atoms with Crippen molar-refractivity contribution in [2.75, 3.05) is 44.0 Å². The number of carbonyl (C=O) groups excluding carboxylic acids is 2. The molecule has 0 saturated carbocycles. The van der Waals surface area contributed by atoms with E-state index in [1.54, 1.807) is 12.0 Å². The van der Waals surface area contributed by atoms with E-state index in [9.17, 15) is 9.59 Å². The minimum Gasteiger partial charge on any atom is -0.383 e. The van der Waals surface area contributed by atoms with Crippen LogP contribution in [0, 0.1) is 13.8 Å². The number of ether oxygens (including phenoxy) is 1. The fourth-order valence-corrected chi connectivity index (χ4v) is 3.38. The highest BCUT2D eigenvalue weighted by Gasteiger charge is 2.16. The van der Waals surface area contributed by atoms with Gasteiger partial charge in [0.2, 0.25) is 11.8 Å². The standard InChI is InChI=1S/C25H29N3O3/c1-18-7-6-10-23(19(18)2)27-25(30)17-28(13-14-31-3)16-24(29)26-22-12-11-20-8-4-5-9-21(20)15-22/h4-12,15H,13-14,16-17H2,1-3H3,(H,26,29)(H,27,30). The Morgan fingerprint density at radius 3 is 2.32 bits per heavy atom. The van der Waals surface area contributed by atoms with E-state index in [1.807, 2.05) is 74.5 Å². The fourth-order valence-electron chi connectivity index (χ4n) is 3.38. The van der Waals surface area contributed by atoms with Crippen LogP contribution in [0.4, 0.5) is 11.4 Å². The molecule has 0 radical (unpaired) electrons. The Hall–Kier alpha value is -3.22. The second kappa shape index (κ2) is 10.7. The summed E-state index contributed by atoms with van der Waals surface area (Å²) in [5.74, 6) is -0.339. The first-order valence-electron chi connectivity index (χ1n) is 10.3. The van der Waals surface area contributed by atoms with E-state index in [1.165, 1.54) is 0 Å². The van der Waals surface area contributed by atoms with Gasteiger partial charge in [0.05, 0.1) is 19.7 Å². The van der Waals surface area contributed by atoms with Gasteiger partial charge in [-0.25, -0.2) is 0 Å². The van der Waals surface area contributed by atoms with E-state index in [4.69, 9.17) is 4.74 Å². The Balaban J connectivity index is 1.61. The summed E-state index contributed by atoms with van der Waals surface area (Å²) in [5.41, 5.74) is 3.67. The predicted molar refractivity (Wildman–Crippen MR) is 125 cm³/mol. The number of anilines is 2. The van der Waals surface area contributed by atoms with Gasteiger partial charge in [-0.15, -0.1) is 0 Å². The number of hydrogen-bond acceptors (Lipinski definition) is 4. The van der Waals surface area contributed by atoms with Crippen molar-refractivity contribution in [3.63, 3.8) is 0 Å². The molecule has 0 aliphatic rings. The first-order chi connectivity index (χ1) is 15.0. The average molecular weight is 420 g/mol. The summed E-state index contributed by atoms with van der Waals surface area (Å²) in [6.07, 6.45) is 0. The zero-order chi connectivity index (χ0) is 22.2. The molecule has 162 valence electrons.